The second-order valence-corrected chi connectivity index (χ2v) is 5.76. The smallest absolute Gasteiger partial charge is 0.185 e. The first-order chi connectivity index (χ1) is 9.65. The van der Waals surface area contributed by atoms with E-state index in [0.717, 1.165) is 24.7 Å². The summed E-state index contributed by atoms with van der Waals surface area (Å²) in [7, 11) is 0. The molecule has 0 amide bonds. The third-order valence-corrected chi connectivity index (χ3v) is 4.12. The second-order valence-electron chi connectivity index (χ2n) is 5.33. The molecule has 0 spiro atoms. The highest BCUT2D eigenvalue weighted by molar-refractivity contribution is 6.30. The van der Waals surface area contributed by atoms with E-state index in [1.165, 1.54) is 24.8 Å². The van der Waals surface area contributed by atoms with Crippen molar-refractivity contribution in [3.63, 3.8) is 0 Å². The van der Waals surface area contributed by atoms with Crippen molar-refractivity contribution in [2.24, 2.45) is 16.5 Å². The van der Waals surface area contributed by atoms with Crippen LogP contribution in [-0.4, -0.2) is 37.0 Å². The molecule has 0 bridgehead atoms. The lowest BCUT2D eigenvalue weighted by atomic mass is 9.92. The number of likely N-dealkylation sites (tertiary alicyclic amines) is 1. The van der Waals surface area contributed by atoms with Crippen LogP contribution in [0, 0.1) is 0 Å². The van der Waals surface area contributed by atoms with Crippen LogP contribution < -0.4 is 11.5 Å². The van der Waals surface area contributed by atoms with Crippen LogP contribution in [0.5, 0.6) is 0 Å². The number of aliphatic imine (C=N–C) groups is 1. The van der Waals surface area contributed by atoms with Crippen molar-refractivity contribution in [2.45, 2.75) is 25.2 Å². The summed E-state index contributed by atoms with van der Waals surface area (Å²) in [6.07, 6.45) is 3.64. The molecule has 1 aliphatic rings. The van der Waals surface area contributed by atoms with Gasteiger partial charge in [-0.2, -0.15) is 0 Å². The van der Waals surface area contributed by atoms with Gasteiger partial charge in [-0.1, -0.05) is 23.7 Å². The number of nitrogens with two attached hydrogens (primary N) is 2. The maximum Gasteiger partial charge on any atom is 0.185 e. The van der Waals surface area contributed by atoms with E-state index in [1.54, 1.807) is 0 Å². The first kappa shape index (κ1) is 15.1. The molecular formula is C15H23ClN4. The number of hydrogen-bond acceptors (Lipinski definition) is 2. The standard InChI is InChI=1S/C15H23ClN4/c16-14-5-3-13(4-6-14)12-2-1-9-20(10-7-12)11-8-19-15(17)18/h3-6,12H,1-2,7-11H2,(H4,17,18,19). The van der Waals surface area contributed by atoms with Crippen molar-refractivity contribution in [3.8, 4) is 0 Å². The molecule has 1 atom stereocenters. The average Bonchev–Trinajstić information content (AvgIpc) is 2.65. The van der Waals surface area contributed by atoms with Crippen molar-refractivity contribution >= 4 is 17.6 Å². The molecule has 110 valence electrons. The maximum atomic E-state index is 5.95. The molecule has 4 N–H and O–H groups in total. The number of halogens is 1. The van der Waals surface area contributed by atoms with Crippen molar-refractivity contribution in [1.29, 1.82) is 0 Å². The van der Waals surface area contributed by atoms with Crippen LogP contribution in [0.4, 0.5) is 0 Å². The Bertz CT molecular complexity index is 440. The van der Waals surface area contributed by atoms with Crippen LogP contribution in [0.15, 0.2) is 29.3 Å². The highest BCUT2D eigenvalue weighted by atomic mass is 35.5. The fraction of sp³-hybridized carbons (Fsp3) is 0.533. The monoisotopic (exact) mass is 294 g/mol. The number of hydrogen-bond donors (Lipinski definition) is 2. The lowest BCUT2D eigenvalue weighted by Gasteiger charge is -2.19. The lowest BCUT2D eigenvalue weighted by molar-refractivity contribution is 0.292. The SMILES string of the molecule is NC(N)=NCCN1CCCC(c2ccc(Cl)cc2)CC1. The zero-order valence-electron chi connectivity index (χ0n) is 11.8. The lowest BCUT2D eigenvalue weighted by Crippen LogP contribution is -2.29. The van der Waals surface area contributed by atoms with Crippen LogP contribution in [0.25, 0.3) is 0 Å². The average molecular weight is 295 g/mol. The second kappa shape index (κ2) is 7.50. The minimum Gasteiger partial charge on any atom is -0.370 e. The van der Waals surface area contributed by atoms with Gasteiger partial charge in [0.1, 0.15) is 0 Å². The summed E-state index contributed by atoms with van der Waals surface area (Å²) in [5.74, 6) is 0.819. The molecule has 20 heavy (non-hydrogen) atoms. The van der Waals surface area contributed by atoms with Crippen LogP contribution in [0.3, 0.4) is 0 Å². The topological polar surface area (TPSA) is 67.6 Å². The summed E-state index contributed by atoms with van der Waals surface area (Å²) >= 11 is 5.95. The van der Waals surface area contributed by atoms with Gasteiger partial charge in [-0.05, 0) is 56.0 Å². The van der Waals surface area contributed by atoms with Crippen LogP contribution in [-0.2, 0) is 0 Å². The highest BCUT2D eigenvalue weighted by Gasteiger charge is 2.18. The van der Waals surface area contributed by atoms with E-state index < -0.39 is 0 Å². The van der Waals surface area contributed by atoms with Gasteiger partial charge < -0.3 is 16.4 Å². The summed E-state index contributed by atoms with van der Waals surface area (Å²) in [5, 5.41) is 0.807. The molecule has 0 aliphatic carbocycles. The van der Waals surface area contributed by atoms with Gasteiger partial charge >= 0.3 is 0 Å². The molecule has 5 heteroatoms. The predicted octanol–water partition coefficient (Wildman–Crippen LogP) is 2.18. The molecule has 1 saturated heterocycles. The van der Waals surface area contributed by atoms with Crippen molar-refractivity contribution in [2.75, 3.05) is 26.2 Å². The van der Waals surface area contributed by atoms with E-state index in [4.69, 9.17) is 23.1 Å². The molecule has 1 heterocycles. The van der Waals surface area contributed by atoms with E-state index >= 15 is 0 Å². The molecular weight excluding hydrogens is 272 g/mol. The van der Waals surface area contributed by atoms with Gasteiger partial charge in [0.05, 0.1) is 6.54 Å². The normalized spacial score (nSPS) is 20.4. The summed E-state index contributed by atoms with van der Waals surface area (Å²) in [6, 6.07) is 8.28. The molecule has 1 fully saturated rings. The third-order valence-electron chi connectivity index (χ3n) is 3.87. The summed E-state index contributed by atoms with van der Waals surface area (Å²) in [6.45, 7) is 3.86. The molecule has 1 unspecified atom stereocenters. The van der Waals surface area contributed by atoms with Gasteiger partial charge in [-0.15, -0.1) is 0 Å². The Morgan fingerprint density at radius 3 is 2.65 bits per heavy atom. The maximum absolute atomic E-state index is 5.95. The van der Waals surface area contributed by atoms with Crippen LogP contribution in [0.2, 0.25) is 5.02 Å². The fourth-order valence-corrected chi connectivity index (χ4v) is 2.89. The number of nitrogens with zero attached hydrogens (tertiary/aromatic N) is 2. The van der Waals surface area contributed by atoms with Crippen molar-refractivity contribution in [1.82, 2.24) is 4.90 Å². The number of rotatable bonds is 4. The Labute approximate surface area is 125 Å². The minimum atomic E-state index is 0.180. The quantitative estimate of drug-likeness (QED) is 0.661. The zero-order valence-corrected chi connectivity index (χ0v) is 12.5. The number of guanidine groups is 1. The third kappa shape index (κ3) is 4.69. The largest absolute Gasteiger partial charge is 0.370 e. The Morgan fingerprint density at radius 2 is 1.95 bits per heavy atom. The van der Waals surface area contributed by atoms with Crippen LogP contribution in [0.1, 0.15) is 30.7 Å². The first-order valence-electron chi connectivity index (χ1n) is 7.18. The molecule has 4 nitrogen and oxygen atoms in total. The highest BCUT2D eigenvalue weighted by Crippen LogP contribution is 2.28. The zero-order chi connectivity index (χ0) is 14.4. The van der Waals surface area contributed by atoms with E-state index in [9.17, 15) is 0 Å². The van der Waals surface area contributed by atoms with E-state index in [1.807, 2.05) is 12.1 Å². The van der Waals surface area contributed by atoms with Gasteiger partial charge in [-0.25, -0.2) is 0 Å². The molecule has 2 rings (SSSR count). The van der Waals surface area contributed by atoms with Gasteiger partial charge in [0, 0.05) is 11.6 Å². The van der Waals surface area contributed by atoms with Gasteiger partial charge in [0.25, 0.3) is 0 Å². The Morgan fingerprint density at radius 1 is 1.20 bits per heavy atom. The first-order valence-corrected chi connectivity index (χ1v) is 7.56. The molecule has 0 saturated carbocycles. The Hall–Kier alpha value is -1.26. The molecule has 1 aromatic rings. The summed E-state index contributed by atoms with van der Waals surface area (Å²) in [4.78, 5) is 6.50. The Balaban J connectivity index is 1.85. The van der Waals surface area contributed by atoms with Crippen LogP contribution >= 0.6 is 11.6 Å². The van der Waals surface area contributed by atoms with Gasteiger partial charge in [0.2, 0.25) is 0 Å². The molecule has 1 aromatic carbocycles. The van der Waals surface area contributed by atoms with E-state index in [0.29, 0.717) is 12.5 Å². The summed E-state index contributed by atoms with van der Waals surface area (Å²) < 4.78 is 0. The fourth-order valence-electron chi connectivity index (χ4n) is 2.77. The van der Waals surface area contributed by atoms with E-state index in [2.05, 4.69) is 22.0 Å². The molecule has 0 radical (unpaired) electrons. The van der Waals surface area contributed by atoms with Gasteiger partial charge in [0.15, 0.2) is 5.96 Å². The molecule has 1 aliphatic heterocycles. The van der Waals surface area contributed by atoms with Crippen molar-refractivity contribution < 1.29 is 0 Å². The molecule has 0 aromatic heterocycles. The summed E-state index contributed by atoms with van der Waals surface area (Å²) in [5.41, 5.74) is 12.1. The van der Waals surface area contributed by atoms with E-state index in [-0.39, 0.29) is 5.96 Å². The minimum absolute atomic E-state index is 0.180. The Kier molecular flexibility index (Phi) is 5.68. The number of benzene rings is 1. The predicted molar refractivity (Wildman–Crippen MR) is 85.2 cm³/mol. The van der Waals surface area contributed by atoms with Gasteiger partial charge in [-0.3, -0.25) is 4.99 Å². The van der Waals surface area contributed by atoms with Crippen molar-refractivity contribution in [3.05, 3.63) is 34.9 Å².